The second-order valence-electron chi connectivity index (χ2n) is 4.53. The van der Waals surface area contributed by atoms with Crippen LogP contribution in [0.25, 0.3) is 11.0 Å². The van der Waals surface area contributed by atoms with E-state index in [9.17, 15) is 4.79 Å². The number of aryl methyl sites for hydroxylation is 1. The van der Waals surface area contributed by atoms with Gasteiger partial charge in [-0.2, -0.15) is 0 Å². The molecule has 6 heteroatoms. The Morgan fingerprint density at radius 1 is 1.48 bits per heavy atom. The van der Waals surface area contributed by atoms with Crippen LogP contribution < -0.4 is 5.32 Å². The van der Waals surface area contributed by atoms with Crippen molar-refractivity contribution in [2.24, 2.45) is 0 Å². The Morgan fingerprint density at radius 3 is 3.14 bits per heavy atom. The van der Waals surface area contributed by atoms with E-state index in [4.69, 9.17) is 0 Å². The number of amides is 1. The van der Waals surface area contributed by atoms with E-state index in [0.29, 0.717) is 0 Å². The molecule has 0 bridgehead atoms. The lowest BCUT2D eigenvalue weighted by molar-refractivity contribution is -0.111. The van der Waals surface area contributed by atoms with Gasteiger partial charge in [0.2, 0.25) is 5.91 Å². The molecular weight excluding hydrogens is 350 g/mol. The molecule has 0 radical (unpaired) electrons. The Bertz CT molecular complexity index is 834. The number of benzene rings is 1. The number of hydrogen-bond acceptors (Lipinski definition) is 3. The van der Waals surface area contributed by atoms with E-state index >= 15 is 0 Å². The van der Waals surface area contributed by atoms with Crippen molar-refractivity contribution < 1.29 is 4.79 Å². The van der Waals surface area contributed by atoms with Gasteiger partial charge < -0.3 is 5.32 Å². The van der Waals surface area contributed by atoms with Gasteiger partial charge in [-0.05, 0) is 36.8 Å². The highest BCUT2D eigenvalue weighted by Gasteiger charge is 2.03. The van der Waals surface area contributed by atoms with Crippen molar-refractivity contribution in [3.8, 4) is 0 Å². The molecule has 4 nitrogen and oxygen atoms in total. The van der Waals surface area contributed by atoms with Crippen LogP contribution >= 0.6 is 27.3 Å². The number of aromatic nitrogens is 2. The van der Waals surface area contributed by atoms with Gasteiger partial charge >= 0.3 is 0 Å². The van der Waals surface area contributed by atoms with Crippen LogP contribution in [0.1, 0.15) is 11.3 Å². The number of thiazole rings is 1. The van der Waals surface area contributed by atoms with Gasteiger partial charge in [0.25, 0.3) is 0 Å². The molecule has 2 aromatic heterocycles. The van der Waals surface area contributed by atoms with E-state index in [1.165, 1.54) is 6.08 Å². The Labute approximate surface area is 134 Å². The molecule has 1 aromatic carbocycles. The van der Waals surface area contributed by atoms with Crippen LogP contribution in [0.4, 0.5) is 5.69 Å². The molecule has 2 heterocycles. The summed E-state index contributed by atoms with van der Waals surface area (Å²) in [5.74, 6) is -0.165. The summed E-state index contributed by atoms with van der Waals surface area (Å²) in [6.07, 6.45) is 6.95. The first kappa shape index (κ1) is 14.0. The third-order valence-corrected chi connectivity index (χ3v) is 4.67. The number of nitrogens with zero attached hydrogens (tertiary/aromatic N) is 2. The van der Waals surface area contributed by atoms with E-state index in [2.05, 4.69) is 26.2 Å². The summed E-state index contributed by atoms with van der Waals surface area (Å²) < 4.78 is 2.97. The normalized spacial score (nSPS) is 11.3. The van der Waals surface area contributed by atoms with Gasteiger partial charge in [-0.1, -0.05) is 15.9 Å². The lowest BCUT2D eigenvalue weighted by atomic mass is 10.2. The van der Waals surface area contributed by atoms with Crippen LogP contribution in [-0.4, -0.2) is 15.3 Å². The number of hydrogen-bond donors (Lipinski definition) is 1. The van der Waals surface area contributed by atoms with E-state index in [1.807, 2.05) is 41.1 Å². The quantitative estimate of drug-likeness (QED) is 0.713. The summed E-state index contributed by atoms with van der Waals surface area (Å²) in [5.41, 5.74) is 2.74. The van der Waals surface area contributed by atoms with Crippen molar-refractivity contribution in [1.82, 2.24) is 9.38 Å². The minimum Gasteiger partial charge on any atom is -0.323 e. The van der Waals surface area contributed by atoms with Crippen LogP contribution in [0.15, 0.2) is 46.5 Å². The first-order chi connectivity index (χ1) is 10.1. The fraction of sp³-hybridized carbons (Fsp3) is 0.0667. The number of fused-ring (bicyclic) bond motifs is 1. The molecule has 1 N–H and O–H groups in total. The third kappa shape index (κ3) is 3.06. The summed E-state index contributed by atoms with van der Waals surface area (Å²) in [6.45, 7) is 1.98. The van der Waals surface area contributed by atoms with E-state index in [1.54, 1.807) is 23.6 Å². The lowest BCUT2D eigenvalue weighted by Crippen LogP contribution is -2.07. The zero-order chi connectivity index (χ0) is 14.8. The van der Waals surface area contributed by atoms with Crippen molar-refractivity contribution in [3.05, 3.63) is 57.8 Å². The van der Waals surface area contributed by atoms with Gasteiger partial charge in [0.1, 0.15) is 0 Å². The van der Waals surface area contributed by atoms with Crippen LogP contribution in [0.5, 0.6) is 0 Å². The van der Waals surface area contributed by atoms with Gasteiger partial charge in [0.05, 0.1) is 11.9 Å². The lowest BCUT2D eigenvalue weighted by Gasteiger charge is -2.04. The zero-order valence-electron chi connectivity index (χ0n) is 11.2. The van der Waals surface area contributed by atoms with Crippen LogP contribution in [0, 0.1) is 6.92 Å². The number of imidazole rings is 1. The molecule has 0 aliphatic heterocycles. The molecule has 3 aromatic rings. The maximum Gasteiger partial charge on any atom is 0.248 e. The number of rotatable bonds is 3. The number of nitrogens with one attached hydrogen (secondary N) is 1. The summed E-state index contributed by atoms with van der Waals surface area (Å²) in [6, 6.07) is 5.70. The molecule has 0 fully saturated rings. The summed E-state index contributed by atoms with van der Waals surface area (Å²) in [7, 11) is 0. The highest BCUT2D eigenvalue weighted by atomic mass is 79.9. The number of halogens is 1. The molecule has 0 atom stereocenters. The van der Waals surface area contributed by atoms with Crippen molar-refractivity contribution in [1.29, 1.82) is 0 Å². The molecule has 0 saturated heterocycles. The maximum absolute atomic E-state index is 11.9. The molecule has 0 aliphatic rings. The smallest absolute Gasteiger partial charge is 0.248 e. The van der Waals surface area contributed by atoms with Crippen molar-refractivity contribution in [3.63, 3.8) is 0 Å². The molecule has 3 rings (SSSR count). The molecule has 0 unspecified atom stereocenters. The summed E-state index contributed by atoms with van der Waals surface area (Å²) in [5, 5.41) is 4.80. The summed E-state index contributed by atoms with van der Waals surface area (Å²) >= 11 is 5.00. The Kier molecular flexibility index (Phi) is 3.90. The molecule has 0 aliphatic carbocycles. The zero-order valence-corrected chi connectivity index (χ0v) is 13.6. The maximum atomic E-state index is 11.9. The largest absolute Gasteiger partial charge is 0.323 e. The highest BCUT2D eigenvalue weighted by Crippen LogP contribution is 2.20. The predicted octanol–water partition coefficient (Wildman–Crippen LogP) is 4.12. The van der Waals surface area contributed by atoms with Crippen LogP contribution in [-0.2, 0) is 4.79 Å². The number of carbonyl (C=O) groups excluding carboxylic acids is 1. The minimum atomic E-state index is -0.165. The summed E-state index contributed by atoms with van der Waals surface area (Å²) in [4.78, 5) is 17.1. The highest BCUT2D eigenvalue weighted by molar-refractivity contribution is 9.10. The predicted molar refractivity (Wildman–Crippen MR) is 89.6 cm³/mol. The minimum absolute atomic E-state index is 0.165. The molecular formula is C15H12BrN3OS. The van der Waals surface area contributed by atoms with Gasteiger partial charge in [-0.25, -0.2) is 4.98 Å². The van der Waals surface area contributed by atoms with E-state index in [-0.39, 0.29) is 5.91 Å². The van der Waals surface area contributed by atoms with E-state index in [0.717, 1.165) is 26.4 Å². The number of carbonyl (C=O) groups is 1. The average molecular weight is 362 g/mol. The molecule has 0 saturated carbocycles. The number of anilines is 1. The molecule has 1 amide bonds. The van der Waals surface area contributed by atoms with Crippen molar-refractivity contribution in [2.45, 2.75) is 6.92 Å². The van der Waals surface area contributed by atoms with Crippen molar-refractivity contribution >= 4 is 49.9 Å². The third-order valence-electron chi connectivity index (χ3n) is 3.01. The first-order valence-corrected chi connectivity index (χ1v) is 7.96. The molecule has 0 spiro atoms. The van der Waals surface area contributed by atoms with Crippen LogP contribution in [0.2, 0.25) is 0 Å². The SMILES string of the molecule is Cc1cc(NC(=O)/C=C/c2cnc3sccn23)ccc1Br. The second kappa shape index (κ2) is 5.83. The monoisotopic (exact) mass is 361 g/mol. The van der Waals surface area contributed by atoms with E-state index < -0.39 is 0 Å². The average Bonchev–Trinajstić information content (AvgIpc) is 3.04. The Hall–Kier alpha value is -1.92. The van der Waals surface area contributed by atoms with Crippen molar-refractivity contribution in [2.75, 3.05) is 5.32 Å². The Balaban J connectivity index is 1.72. The fourth-order valence-corrected chi connectivity index (χ4v) is 2.88. The standard InChI is InChI=1S/C15H12BrN3OS/c1-10-8-11(2-4-13(10)16)18-14(20)5-3-12-9-17-15-19(12)6-7-21-15/h2-9H,1H3,(H,18,20)/b5-3+. The topological polar surface area (TPSA) is 46.4 Å². The van der Waals surface area contributed by atoms with Gasteiger partial charge in [-0.3, -0.25) is 9.20 Å². The second-order valence-corrected chi connectivity index (χ2v) is 6.25. The Morgan fingerprint density at radius 2 is 2.33 bits per heavy atom. The van der Waals surface area contributed by atoms with Gasteiger partial charge in [-0.15, -0.1) is 11.3 Å². The first-order valence-electron chi connectivity index (χ1n) is 6.29. The fourth-order valence-electron chi connectivity index (χ4n) is 1.94. The molecule has 106 valence electrons. The van der Waals surface area contributed by atoms with Gasteiger partial charge in [0, 0.05) is 27.8 Å². The van der Waals surface area contributed by atoms with Crippen LogP contribution in [0.3, 0.4) is 0 Å². The van der Waals surface area contributed by atoms with Gasteiger partial charge in [0.15, 0.2) is 4.96 Å². The molecule has 21 heavy (non-hydrogen) atoms.